The molecule has 2 rings (SSSR count). The van der Waals surface area contributed by atoms with E-state index in [0.29, 0.717) is 6.61 Å². The van der Waals surface area contributed by atoms with Crippen LogP contribution < -0.4 is 0 Å². The Morgan fingerprint density at radius 2 is 1.61 bits per heavy atom. The molecule has 0 heterocycles. The third kappa shape index (κ3) is 3.96. The molecule has 106 valence electrons. The van der Waals surface area contributed by atoms with Crippen molar-refractivity contribution in [2.45, 2.75) is 64.2 Å². The molecule has 2 fully saturated rings. The van der Waals surface area contributed by atoms with Gasteiger partial charge in [0.25, 0.3) is 0 Å². The van der Waals surface area contributed by atoms with Gasteiger partial charge in [-0.2, -0.15) is 0 Å². The number of rotatable bonds is 5. The molecule has 0 amide bonds. The van der Waals surface area contributed by atoms with E-state index in [1.807, 2.05) is 0 Å². The molecular weight excluding hydrogens is 222 g/mol. The van der Waals surface area contributed by atoms with Gasteiger partial charge in [0.05, 0.1) is 0 Å². The molecule has 0 bridgehead atoms. The Bertz CT molecular complexity index is 227. The zero-order chi connectivity index (χ0) is 12.8. The first-order valence-electron chi connectivity index (χ1n) is 8.03. The molecule has 1 N–H and O–H groups in total. The molecule has 0 atom stereocenters. The van der Waals surface area contributed by atoms with Gasteiger partial charge < -0.3 is 10.0 Å². The Kier molecular flexibility index (Phi) is 5.50. The maximum absolute atomic E-state index is 9.85. The standard InChI is InChI=1S/C16H31NO/c1-17(12-15-8-4-5-9-15)13-16(14-18)10-6-2-3-7-11-16/h15,18H,2-14H2,1H3. The number of hydrogen-bond acceptors (Lipinski definition) is 2. The van der Waals surface area contributed by atoms with Crippen LogP contribution in [0.2, 0.25) is 0 Å². The zero-order valence-corrected chi connectivity index (χ0v) is 12.2. The van der Waals surface area contributed by atoms with E-state index < -0.39 is 0 Å². The van der Waals surface area contributed by atoms with Crippen LogP contribution in [-0.4, -0.2) is 36.8 Å². The van der Waals surface area contributed by atoms with Crippen molar-refractivity contribution in [2.75, 3.05) is 26.7 Å². The van der Waals surface area contributed by atoms with Gasteiger partial charge in [0.2, 0.25) is 0 Å². The average Bonchev–Trinajstić information content (AvgIpc) is 2.74. The predicted molar refractivity (Wildman–Crippen MR) is 76.7 cm³/mol. The molecule has 0 aromatic heterocycles. The van der Waals surface area contributed by atoms with Gasteiger partial charge in [0.15, 0.2) is 0 Å². The first kappa shape index (κ1) is 14.3. The van der Waals surface area contributed by atoms with E-state index in [-0.39, 0.29) is 5.41 Å². The van der Waals surface area contributed by atoms with E-state index in [0.717, 1.165) is 12.5 Å². The van der Waals surface area contributed by atoms with Gasteiger partial charge in [-0.05, 0) is 38.6 Å². The highest BCUT2D eigenvalue weighted by Gasteiger charge is 2.32. The summed E-state index contributed by atoms with van der Waals surface area (Å²) in [7, 11) is 2.26. The van der Waals surface area contributed by atoms with Crippen molar-refractivity contribution in [3.05, 3.63) is 0 Å². The minimum absolute atomic E-state index is 0.212. The van der Waals surface area contributed by atoms with Crippen LogP contribution in [0.5, 0.6) is 0 Å². The Labute approximate surface area is 113 Å². The molecule has 0 radical (unpaired) electrons. The van der Waals surface area contributed by atoms with E-state index in [1.54, 1.807) is 0 Å². The number of nitrogens with zero attached hydrogens (tertiary/aromatic N) is 1. The van der Waals surface area contributed by atoms with Gasteiger partial charge in [-0.1, -0.05) is 38.5 Å². The lowest BCUT2D eigenvalue weighted by Gasteiger charge is -2.36. The number of hydrogen-bond donors (Lipinski definition) is 1. The summed E-state index contributed by atoms with van der Waals surface area (Å²) in [6, 6.07) is 0. The largest absolute Gasteiger partial charge is 0.396 e. The highest BCUT2D eigenvalue weighted by molar-refractivity contribution is 4.84. The fraction of sp³-hybridized carbons (Fsp3) is 1.00. The smallest absolute Gasteiger partial charge is 0.0499 e. The Balaban J connectivity index is 1.83. The highest BCUT2D eigenvalue weighted by atomic mass is 16.3. The molecule has 2 nitrogen and oxygen atoms in total. The maximum Gasteiger partial charge on any atom is 0.0499 e. The lowest BCUT2D eigenvalue weighted by atomic mass is 9.80. The van der Waals surface area contributed by atoms with Gasteiger partial charge >= 0.3 is 0 Å². The second-order valence-corrected chi connectivity index (χ2v) is 6.92. The normalized spacial score (nSPS) is 25.5. The predicted octanol–water partition coefficient (Wildman–Crippen LogP) is 3.44. The summed E-state index contributed by atoms with van der Waals surface area (Å²) >= 11 is 0. The minimum atomic E-state index is 0.212. The summed E-state index contributed by atoms with van der Waals surface area (Å²) in [6.45, 7) is 2.75. The SMILES string of the molecule is CN(CC1CCCC1)CC1(CO)CCCCCC1. The maximum atomic E-state index is 9.85. The molecular formula is C16H31NO. The lowest BCUT2D eigenvalue weighted by molar-refractivity contribution is 0.0637. The van der Waals surface area contributed by atoms with Crippen molar-refractivity contribution >= 4 is 0 Å². The molecule has 2 saturated carbocycles. The van der Waals surface area contributed by atoms with E-state index >= 15 is 0 Å². The average molecular weight is 253 g/mol. The summed E-state index contributed by atoms with van der Waals surface area (Å²) in [5, 5.41) is 9.85. The zero-order valence-electron chi connectivity index (χ0n) is 12.2. The second kappa shape index (κ2) is 6.91. The summed E-state index contributed by atoms with van der Waals surface area (Å²) in [6.07, 6.45) is 13.6. The molecule has 0 aromatic rings. The van der Waals surface area contributed by atoms with E-state index in [4.69, 9.17) is 0 Å². The molecule has 2 aliphatic carbocycles. The van der Waals surface area contributed by atoms with Crippen LogP contribution >= 0.6 is 0 Å². The molecule has 2 heteroatoms. The Morgan fingerprint density at radius 1 is 1.00 bits per heavy atom. The second-order valence-electron chi connectivity index (χ2n) is 6.92. The quantitative estimate of drug-likeness (QED) is 0.759. The Hall–Kier alpha value is -0.0800. The van der Waals surface area contributed by atoms with E-state index in [9.17, 15) is 5.11 Å². The van der Waals surface area contributed by atoms with Gasteiger partial charge in [0.1, 0.15) is 0 Å². The summed E-state index contributed by atoms with van der Waals surface area (Å²) < 4.78 is 0. The van der Waals surface area contributed by atoms with Crippen LogP contribution in [0.1, 0.15) is 64.2 Å². The molecule has 0 spiro atoms. The van der Waals surface area contributed by atoms with Gasteiger partial charge in [-0.25, -0.2) is 0 Å². The first-order valence-corrected chi connectivity index (χ1v) is 8.03. The number of aliphatic hydroxyl groups is 1. The van der Waals surface area contributed by atoms with E-state index in [1.165, 1.54) is 70.8 Å². The molecule has 2 aliphatic rings. The Morgan fingerprint density at radius 3 is 2.17 bits per heavy atom. The van der Waals surface area contributed by atoms with Crippen LogP contribution in [0.25, 0.3) is 0 Å². The van der Waals surface area contributed by atoms with Crippen LogP contribution in [0.4, 0.5) is 0 Å². The lowest BCUT2D eigenvalue weighted by Crippen LogP contribution is -2.40. The van der Waals surface area contributed by atoms with Gasteiger partial charge in [0, 0.05) is 25.1 Å². The van der Waals surface area contributed by atoms with Crippen molar-refractivity contribution < 1.29 is 5.11 Å². The highest BCUT2D eigenvalue weighted by Crippen LogP contribution is 2.36. The molecule has 18 heavy (non-hydrogen) atoms. The van der Waals surface area contributed by atoms with Crippen LogP contribution in [0, 0.1) is 11.3 Å². The number of aliphatic hydroxyl groups excluding tert-OH is 1. The van der Waals surface area contributed by atoms with Gasteiger partial charge in [-0.3, -0.25) is 0 Å². The van der Waals surface area contributed by atoms with Gasteiger partial charge in [-0.15, -0.1) is 0 Å². The van der Waals surface area contributed by atoms with Crippen molar-refractivity contribution in [1.82, 2.24) is 4.90 Å². The van der Waals surface area contributed by atoms with E-state index in [2.05, 4.69) is 11.9 Å². The van der Waals surface area contributed by atoms with Crippen molar-refractivity contribution in [3.8, 4) is 0 Å². The fourth-order valence-corrected chi connectivity index (χ4v) is 4.12. The molecule has 0 saturated heterocycles. The van der Waals surface area contributed by atoms with Crippen molar-refractivity contribution in [2.24, 2.45) is 11.3 Å². The topological polar surface area (TPSA) is 23.5 Å². The third-order valence-electron chi connectivity index (χ3n) is 5.15. The monoisotopic (exact) mass is 253 g/mol. The molecule has 0 aliphatic heterocycles. The minimum Gasteiger partial charge on any atom is -0.396 e. The molecule has 0 unspecified atom stereocenters. The van der Waals surface area contributed by atoms with Crippen LogP contribution in [0.3, 0.4) is 0 Å². The van der Waals surface area contributed by atoms with Crippen molar-refractivity contribution in [1.29, 1.82) is 0 Å². The van der Waals surface area contributed by atoms with Crippen molar-refractivity contribution in [3.63, 3.8) is 0 Å². The molecule has 0 aromatic carbocycles. The van der Waals surface area contributed by atoms with Crippen LogP contribution in [-0.2, 0) is 0 Å². The summed E-state index contributed by atoms with van der Waals surface area (Å²) in [4.78, 5) is 2.51. The third-order valence-corrected chi connectivity index (χ3v) is 5.15. The summed E-state index contributed by atoms with van der Waals surface area (Å²) in [5.74, 6) is 0.927. The summed E-state index contributed by atoms with van der Waals surface area (Å²) in [5.41, 5.74) is 0.212. The fourth-order valence-electron chi connectivity index (χ4n) is 4.12. The van der Waals surface area contributed by atoms with Crippen LogP contribution in [0.15, 0.2) is 0 Å². The first-order chi connectivity index (χ1) is 8.74.